The molecule has 3 rings (SSSR count). The van der Waals surface area contributed by atoms with Crippen molar-refractivity contribution in [1.82, 2.24) is 0 Å². The molecule has 1 atom stereocenters. The van der Waals surface area contributed by atoms with Crippen LogP contribution in [0.5, 0.6) is 0 Å². The molecule has 154 valence electrons. The number of nitrogens with zero attached hydrogens (tertiary/aromatic N) is 2. The van der Waals surface area contributed by atoms with E-state index in [1.54, 1.807) is 6.92 Å². The summed E-state index contributed by atoms with van der Waals surface area (Å²) in [6, 6.07) is 13.6. The van der Waals surface area contributed by atoms with Gasteiger partial charge in [-0.2, -0.15) is 0 Å². The van der Waals surface area contributed by atoms with Crippen LogP contribution in [0.4, 0.5) is 17.1 Å². The molecule has 8 heteroatoms. The Morgan fingerprint density at radius 1 is 1.07 bits per heavy atom. The molecule has 0 spiro atoms. The Balaban J connectivity index is 1.72. The zero-order chi connectivity index (χ0) is 21.2. The van der Waals surface area contributed by atoms with Crippen LogP contribution < -0.4 is 14.5 Å². The number of benzene rings is 2. The molecule has 7 nitrogen and oxygen atoms in total. The van der Waals surface area contributed by atoms with Gasteiger partial charge in [0.25, 0.3) is 5.91 Å². The van der Waals surface area contributed by atoms with Gasteiger partial charge in [0.2, 0.25) is 15.9 Å². The highest BCUT2D eigenvalue weighted by atomic mass is 32.2. The van der Waals surface area contributed by atoms with Crippen molar-refractivity contribution < 1.29 is 18.0 Å². The molecule has 2 aromatic rings. The lowest BCUT2D eigenvalue weighted by atomic mass is 10.1. The van der Waals surface area contributed by atoms with Crippen molar-refractivity contribution in [2.45, 2.75) is 20.8 Å². The highest BCUT2D eigenvalue weighted by molar-refractivity contribution is 7.94. The maximum atomic E-state index is 12.5. The van der Waals surface area contributed by atoms with Crippen LogP contribution in [0.25, 0.3) is 0 Å². The Labute approximate surface area is 171 Å². The summed E-state index contributed by atoms with van der Waals surface area (Å²) in [4.78, 5) is 26.9. The number of hydrogen-bond acceptors (Lipinski definition) is 5. The maximum absolute atomic E-state index is 12.5. The molecule has 1 saturated heterocycles. The molecule has 1 N–H and O–H groups in total. The van der Waals surface area contributed by atoms with Gasteiger partial charge in [0, 0.05) is 30.0 Å². The third kappa shape index (κ3) is 4.27. The number of hydrogen-bond donors (Lipinski definition) is 1. The second-order valence-corrected chi connectivity index (χ2v) is 8.86. The Morgan fingerprint density at radius 2 is 1.66 bits per heavy atom. The Kier molecular flexibility index (Phi) is 5.93. The molecule has 1 aliphatic rings. The van der Waals surface area contributed by atoms with Crippen molar-refractivity contribution in [3.8, 4) is 0 Å². The van der Waals surface area contributed by atoms with Gasteiger partial charge in [-0.15, -0.1) is 0 Å². The maximum Gasteiger partial charge on any atom is 0.255 e. The molecule has 0 bridgehead atoms. The highest BCUT2D eigenvalue weighted by Gasteiger charge is 2.41. The fourth-order valence-electron chi connectivity index (χ4n) is 3.38. The predicted molar refractivity (Wildman–Crippen MR) is 115 cm³/mol. The number of nitrogens with one attached hydrogen (secondary N) is 1. The molecule has 0 radical (unpaired) electrons. The van der Waals surface area contributed by atoms with Gasteiger partial charge in [0.15, 0.2) is 0 Å². The van der Waals surface area contributed by atoms with Crippen molar-refractivity contribution in [1.29, 1.82) is 0 Å². The van der Waals surface area contributed by atoms with Gasteiger partial charge < -0.3 is 10.2 Å². The van der Waals surface area contributed by atoms with E-state index < -0.39 is 21.8 Å². The summed E-state index contributed by atoms with van der Waals surface area (Å²) in [5.41, 5.74) is 2.38. The molecule has 2 aromatic carbocycles. The normalized spacial score (nSPS) is 18.0. The minimum atomic E-state index is -3.66. The van der Waals surface area contributed by atoms with E-state index in [1.165, 1.54) is 24.3 Å². The van der Waals surface area contributed by atoms with Crippen LogP contribution in [0.1, 0.15) is 31.1 Å². The smallest absolute Gasteiger partial charge is 0.255 e. The van der Waals surface area contributed by atoms with Gasteiger partial charge in [-0.3, -0.25) is 9.59 Å². The summed E-state index contributed by atoms with van der Waals surface area (Å²) in [5, 5.41) is 2.83. The molecule has 0 aliphatic carbocycles. The zero-order valence-electron chi connectivity index (χ0n) is 16.8. The van der Waals surface area contributed by atoms with Gasteiger partial charge in [0.1, 0.15) is 0 Å². The largest absolute Gasteiger partial charge is 0.372 e. The van der Waals surface area contributed by atoms with E-state index in [0.29, 0.717) is 11.3 Å². The van der Waals surface area contributed by atoms with Crippen LogP contribution >= 0.6 is 0 Å². The number of sulfonamides is 1. The van der Waals surface area contributed by atoms with Gasteiger partial charge >= 0.3 is 0 Å². The minimum absolute atomic E-state index is 0.197. The van der Waals surface area contributed by atoms with Gasteiger partial charge in [-0.25, -0.2) is 12.7 Å². The molecule has 0 saturated carbocycles. The monoisotopic (exact) mass is 415 g/mol. The van der Waals surface area contributed by atoms with Crippen LogP contribution in [-0.2, 0) is 14.8 Å². The summed E-state index contributed by atoms with van der Waals surface area (Å²) in [5.74, 6) is -1.52. The van der Waals surface area contributed by atoms with Crippen molar-refractivity contribution >= 4 is 38.9 Å². The predicted octanol–water partition coefficient (Wildman–Crippen LogP) is 3.10. The number of rotatable bonds is 6. The lowest BCUT2D eigenvalue weighted by Crippen LogP contribution is -2.30. The van der Waals surface area contributed by atoms with E-state index in [9.17, 15) is 18.0 Å². The number of carbonyl (C=O) groups excluding carboxylic acids is 2. The first-order valence-electron chi connectivity index (χ1n) is 9.60. The molecule has 0 aromatic heterocycles. The second-order valence-electron chi connectivity index (χ2n) is 7.00. The van der Waals surface area contributed by atoms with Crippen LogP contribution in [0.3, 0.4) is 0 Å². The topological polar surface area (TPSA) is 86.8 Å². The summed E-state index contributed by atoms with van der Waals surface area (Å²) in [6.45, 7) is 7.58. The van der Waals surface area contributed by atoms with E-state index in [0.717, 1.165) is 23.1 Å². The summed E-state index contributed by atoms with van der Waals surface area (Å²) < 4.78 is 25.2. The highest BCUT2D eigenvalue weighted by Crippen LogP contribution is 2.28. The Hall–Kier alpha value is -2.87. The van der Waals surface area contributed by atoms with Gasteiger partial charge in [-0.05, 0) is 62.4 Å². The molecular formula is C21H25N3O4S. The fourth-order valence-corrected chi connectivity index (χ4v) is 5.20. The fraction of sp³-hybridized carbons (Fsp3) is 0.333. The third-order valence-electron chi connectivity index (χ3n) is 4.98. The quantitative estimate of drug-likeness (QED) is 0.783. The van der Waals surface area contributed by atoms with E-state index >= 15 is 0 Å². The molecule has 1 aliphatic heterocycles. The average Bonchev–Trinajstić information content (AvgIpc) is 2.91. The van der Waals surface area contributed by atoms with Crippen molar-refractivity contribution in [3.63, 3.8) is 0 Å². The standard InChI is InChI=1S/C21H25N3O4S/c1-4-23(5-2)18-12-8-17(9-13-18)22-20(25)16-6-10-19(11-7-16)24-21(26)15(3)14-29(24,27)28/h6-13,15H,4-5,14H2,1-3H3,(H,22,25). The number of carbonyl (C=O) groups is 2. The zero-order valence-corrected chi connectivity index (χ0v) is 17.6. The first kappa shape index (κ1) is 20.9. The van der Waals surface area contributed by atoms with Crippen LogP contribution in [0, 0.1) is 5.92 Å². The molecular weight excluding hydrogens is 390 g/mol. The molecule has 2 amide bonds. The van der Waals surface area contributed by atoms with E-state index in [4.69, 9.17) is 0 Å². The number of anilines is 3. The van der Waals surface area contributed by atoms with E-state index in [2.05, 4.69) is 24.1 Å². The Bertz CT molecular complexity index is 997. The van der Waals surface area contributed by atoms with Crippen molar-refractivity contribution in [3.05, 3.63) is 54.1 Å². The SMILES string of the molecule is CCN(CC)c1ccc(NC(=O)c2ccc(N3C(=O)C(C)CS3(=O)=O)cc2)cc1. The minimum Gasteiger partial charge on any atom is -0.372 e. The summed E-state index contributed by atoms with van der Waals surface area (Å²) >= 11 is 0. The summed E-state index contributed by atoms with van der Waals surface area (Å²) in [7, 11) is -3.66. The van der Waals surface area contributed by atoms with E-state index in [-0.39, 0.29) is 17.3 Å². The lowest BCUT2D eigenvalue weighted by molar-refractivity contribution is -0.119. The van der Waals surface area contributed by atoms with Crippen molar-refractivity contribution in [2.75, 3.05) is 33.4 Å². The molecule has 1 unspecified atom stereocenters. The Morgan fingerprint density at radius 3 is 2.14 bits per heavy atom. The van der Waals surface area contributed by atoms with Crippen LogP contribution in [-0.4, -0.2) is 39.1 Å². The molecule has 29 heavy (non-hydrogen) atoms. The first-order valence-corrected chi connectivity index (χ1v) is 11.2. The van der Waals surface area contributed by atoms with E-state index in [1.807, 2.05) is 24.3 Å². The van der Waals surface area contributed by atoms with Crippen LogP contribution in [0.15, 0.2) is 48.5 Å². The lowest BCUT2D eigenvalue weighted by Gasteiger charge is -2.21. The van der Waals surface area contributed by atoms with Crippen molar-refractivity contribution in [2.24, 2.45) is 5.92 Å². The number of amides is 2. The van der Waals surface area contributed by atoms with Crippen LogP contribution in [0.2, 0.25) is 0 Å². The summed E-state index contributed by atoms with van der Waals surface area (Å²) in [6.07, 6.45) is 0. The molecule has 1 heterocycles. The van der Waals surface area contributed by atoms with Gasteiger partial charge in [0.05, 0.1) is 17.4 Å². The second kappa shape index (κ2) is 8.24. The molecule has 1 fully saturated rings. The first-order chi connectivity index (χ1) is 13.8. The average molecular weight is 416 g/mol. The van der Waals surface area contributed by atoms with Gasteiger partial charge in [-0.1, -0.05) is 6.92 Å². The third-order valence-corrected chi connectivity index (χ3v) is 6.85.